The van der Waals surface area contributed by atoms with E-state index < -0.39 is 12.2 Å². The van der Waals surface area contributed by atoms with Crippen LogP contribution in [-0.4, -0.2) is 47.8 Å². The van der Waals surface area contributed by atoms with E-state index in [1.807, 2.05) is 0 Å². The normalized spacial score (nSPS) is 18.3. The Kier molecular flexibility index (Phi) is 16.3. The molecule has 0 bridgehead atoms. The number of hydrogen-bond donors (Lipinski definition) is 2. The molecule has 5 heteroatoms. The van der Waals surface area contributed by atoms with Crippen molar-refractivity contribution in [1.29, 1.82) is 0 Å². The van der Waals surface area contributed by atoms with Crippen LogP contribution in [0.4, 0.5) is 0 Å². The lowest BCUT2D eigenvalue weighted by Gasteiger charge is -2.22. The van der Waals surface area contributed by atoms with Gasteiger partial charge in [0.2, 0.25) is 0 Å². The summed E-state index contributed by atoms with van der Waals surface area (Å²) in [6.45, 7) is 5.84. The molecule has 230 valence electrons. The summed E-state index contributed by atoms with van der Waals surface area (Å²) in [4.78, 5) is 0. The average Bonchev–Trinajstić information content (AvgIpc) is 3.50. The van der Waals surface area contributed by atoms with Gasteiger partial charge in [-0.05, 0) is 112 Å². The van der Waals surface area contributed by atoms with E-state index in [0.717, 1.165) is 88.5 Å². The number of aryl methyl sites for hydroxylation is 2. The van der Waals surface area contributed by atoms with E-state index in [-0.39, 0.29) is 12.2 Å². The fourth-order valence-electron chi connectivity index (χ4n) is 5.54. The molecule has 1 aliphatic rings. The lowest BCUT2D eigenvalue weighted by Crippen LogP contribution is -2.31. The van der Waals surface area contributed by atoms with E-state index >= 15 is 0 Å². The van der Waals surface area contributed by atoms with Crippen molar-refractivity contribution in [3.05, 3.63) is 59.7 Å². The largest absolute Gasteiger partial charge is 0.494 e. The predicted molar refractivity (Wildman–Crippen MR) is 168 cm³/mol. The summed E-state index contributed by atoms with van der Waals surface area (Å²) in [5.41, 5.74) is 2.75. The third-order valence-corrected chi connectivity index (χ3v) is 8.25. The number of rotatable bonds is 22. The van der Waals surface area contributed by atoms with E-state index in [1.54, 1.807) is 0 Å². The van der Waals surface area contributed by atoms with Crippen LogP contribution in [0.3, 0.4) is 0 Å². The Bertz CT molecular complexity index is 837. The van der Waals surface area contributed by atoms with E-state index in [1.165, 1.54) is 36.8 Å². The lowest BCUT2D eigenvalue weighted by molar-refractivity contribution is -0.0786. The molecule has 0 saturated carbocycles. The molecular weight excluding hydrogens is 512 g/mol. The molecule has 2 aromatic rings. The number of unbranched alkanes of at least 4 members (excludes halogenated alkanes) is 6. The maximum absolute atomic E-state index is 10.6. The van der Waals surface area contributed by atoms with Crippen LogP contribution < -0.4 is 9.47 Å². The molecule has 1 heterocycles. The van der Waals surface area contributed by atoms with Crippen LogP contribution in [-0.2, 0) is 17.6 Å². The van der Waals surface area contributed by atoms with Crippen LogP contribution in [0, 0.1) is 0 Å². The Hall–Kier alpha value is -2.08. The zero-order valence-corrected chi connectivity index (χ0v) is 25.8. The van der Waals surface area contributed by atoms with Crippen molar-refractivity contribution in [3.8, 4) is 11.5 Å². The van der Waals surface area contributed by atoms with Crippen molar-refractivity contribution in [3.63, 3.8) is 0 Å². The van der Waals surface area contributed by atoms with Crippen LogP contribution in [0.2, 0.25) is 0 Å². The summed E-state index contributed by atoms with van der Waals surface area (Å²) in [6, 6.07) is 16.9. The second-order valence-corrected chi connectivity index (χ2v) is 11.8. The van der Waals surface area contributed by atoms with Crippen molar-refractivity contribution >= 4 is 0 Å². The molecule has 0 unspecified atom stereocenters. The Balaban J connectivity index is 1.17. The molecule has 2 aromatic carbocycles. The summed E-state index contributed by atoms with van der Waals surface area (Å²) < 4.78 is 17.8. The number of aliphatic hydroxyl groups is 2. The van der Waals surface area contributed by atoms with Crippen LogP contribution in [0.5, 0.6) is 11.5 Å². The summed E-state index contributed by atoms with van der Waals surface area (Å²) in [5, 5.41) is 21.3. The first kappa shape index (κ1) is 33.4. The molecule has 3 rings (SSSR count). The van der Waals surface area contributed by atoms with Gasteiger partial charge >= 0.3 is 0 Å². The van der Waals surface area contributed by atoms with Crippen molar-refractivity contribution in [2.75, 3.05) is 13.2 Å². The summed E-state index contributed by atoms with van der Waals surface area (Å²) in [5.74, 6) is 1.87. The van der Waals surface area contributed by atoms with Gasteiger partial charge in [0, 0.05) is 0 Å². The van der Waals surface area contributed by atoms with Crippen LogP contribution in [0.1, 0.15) is 115 Å². The number of ether oxygens (including phenoxy) is 3. The fourth-order valence-corrected chi connectivity index (χ4v) is 5.54. The zero-order valence-electron chi connectivity index (χ0n) is 25.8. The monoisotopic (exact) mass is 568 g/mol. The number of benzene rings is 2. The molecule has 4 atom stereocenters. The standard InChI is InChI=1S/C36H56O5/c1-3-5-13-29-17-21-31(22-18-29)39-27-11-7-9-15-33(37)35-25-26-36(41-35)34(38)16-10-8-12-28-40-32-23-19-30(20-24-32)14-6-4-2/h17-24,33-38H,3-16,25-28H2,1-2H3/t33-,34-,35-,36-/m1/s1. The lowest BCUT2D eigenvalue weighted by atomic mass is 10.0. The Morgan fingerprint density at radius 2 is 1.02 bits per heavy atom. The quantitative estimate of drug-likeness (QED) is 0.140. The fraction of sp³-hybridized carbons (Fsp3) is 0.667. The van der Waals surface area contributed by atoms with E-state index in [9.17, 15) is 10.2 Å². The zero-order chi connectivity index (χ0) is 29.1. The Labute approximate surface area is 249 Å². The van der Waals surface area contributed by atoms with Gasteiger partial charge in [-0.3, -0.25) is 0 Å². The molecule has 5 nitrogen and oxygen atoms in total. The van der Waals surface area contributed by atoms with Gasteiger partial charge in [0.25, 0.3) is 0 Å². The third kappa shape index (κ3) is 13.2. The van der Waals surface area contributed by atoms with Crippen LogP contribution in [0.25, 0.3) is 0 Å². The first-order chi connectivity index (χ1) is 20.1. The maximum Gasteiger partial charge on any atom is 0.119 e. The third-order valence-electron chi connectivity index (χ3n) is 8.25. The van der Waals surface area contributed by atoms with Gasteiger partial charge < -0.3 is 24.4 Å². The summed E-state index contributed by atoms with van der Waals surface area (Å²) in [7, 11) is 0. The molecular formula is C36H56O5. The van der Waals surface area contributed by atoms with Gasteiger partial charge in [-0.2, -0.15) is 0 Å². The highest BCUT2D eigenvalue weighted by Gasteiger charge is 2.33. The highest BCUT2D eigenvalue weighted by molar-refractivity contribution is 5.28. The maximum atomic E-state index is 10.6. The first-order valence-electron chi connectivity index (χ1n) is 16.5. The molecule has 0 aromatic heterocycles. The van der Waals surface area contributed by atoms with Crippen molar-refractivity contribution < 1.29 is 24.4 Å². The minimum absolute atomic E-state index is 0.154. The van der Waals surface area contributed by atoms with Crippen LogP contribution >= 0.6 is 0 Å². The highest BCUT2D eigenvalue weighted by atomic mass is 16.5. The minimum atomic E-state index is -0.457. The van der Waals surface area contributed by atoms with Crippen LogP contribution in [0.15, 0.2) is 48.5 Å². The van der Waals surface area contributed by atoms with Gasteiger partial charge in [-0.15, -0.1) is 0 Å². The summed E-state index contributed by atoms with van der Waals surface area (Å²) in [6.07, 6.45) is 15.0. The van der Waals surface area contributed by atoms with Crippen molar-refractivity contribution in [2.24, 2.45) is 0 Å². The average molecular weight is 569 g/mol. The molecule has 1 fully saturated rings. The smallest absolute Gasteiger partial charge is 0.119 e. The summed E-state index contributed by atoms with van der Waals surface area (Å²) >= 11 is 0. The van der Waals surface area contributed by atoms with Crippen molar-refractivity contribution in [1.82, 2.24) is 0 Å². The first-order valence-corrected chi connectivity index (χ1v) is 16.5. The minimum Gasteiger partial charge on any atom is -0.494 e. The second kappa shape index (κ2) is 19.9. The molecule has 0 aliphatic carbocycles. The Morgan fingerprint density at radius 1 is 0.610 bits per heavy atom. The van der Waals surface area contributed by atoms with Gasteiger partial charge in [0.05, 0.1) is 37.6 Å². The molecule has 0 spiro atoms. The molecule has 1 aliphatic heterocycles. The molecule has 0 amide bonds. The SMILES string of the molecule is CCCCc1ccc(OCCCCC[C@@H](O)[C@H]2CC[C@H]([C@H](O)CCCCCOc3ccc(CCCC)cc3)O2)cc1. The van der Waals surface area contributed by atoms with E-state index in [0.29, 0.717) is 13.2 Å². The van der Waals surface area contributed by atoms with Crippen molar-refractivity contribution in [2.45, 2.75) is 141 Å². The predicted octanol–water partition coefficient (Wildman–Crippen LogP) is 8.22. The Morgan fingerprint density at radius 3 is 1.41 bits per heavy atom. The van der Waals surface area contributed by atoms with E-state index in [2.05, 4.69) is 62.4 Å². The topological polar surface area (TPSA) is 68.2 Å². The van der Waals surface area contributed by atoms with Gasteiger partial charge in [-0.1, -0.05) is 63.8 Å². The highest BCUT2D eigenvalue weighted by Crippen LogP contribution is 2.28. The molecule has 2 N–H and O–H groups in total. The van der Waals surface area contributed by atoms with Gasteiger partial charge in [-0.25, -0.2) is 0 Å². The molecule has 41 heavy (non-hydrogen) atoms. The number of aliphatic hydroxyl groups excluding tert-OH is 2. The van der Waals surface area contributed by atoms with E-state index in [4.69, 9.17) is 14.2 Å². The van der Waals surface area contributed by atoms with Gasteiger partial charge in [0.1, 0.15) is 11.5 Å². The van der Waals surface area contributed by atoms with Gasteiger partial charge in [0.15, 0.2) is 0 Å². The second-order valence-electron chi connectivity index (χ2n) is 11.8. The molecule has 0 radical (unpaired) electrons. The number of hydrogen-bond acceptors (Lipinski definition) is 5. The molecule has 1 saturated heterocycles.